The maximum Gasteiger partial charge on any atom is 0.306 e. The lowest BCUT2D eigenvalue weighted by atomic mass is 10.00. The first-order chi connectivity index (χ1) is 26.8. The van der Waals surface area contributed by atoms with Gasteiger partial charge < -0.3 is 14.2 Å². The molecule has 0 aromatic heterocycles. The Kier molecular flexibility index (Phi) is 40.8. The van der Waals surface area contributed by atoms with E-state index in [1.807, 2.05) is 0 Å². The van der Waals surface area contributed by atoms with Gasteiger partial charge in [-0.15, -0.1) is 0 Å². The third kappa shape index (κ3) is 41.9. The molecule has 6 heteroatoms. The molecule has 1 unspecified atom stereocenters. The standard InChI is InChI=1S/C49H94O6/c1-6-8-9-10-11-12-13-14-17-20-23-29-34-39-47(50)53-42-46(43-54-48(51)40-35-30-26-25-28-33-38-45(5)7-2)55-49(52)41-36-31-24-21-18-15-16-19-22-27-32-37-44(3)4/h44-46H,6-43H2,1-5H3/t45?,46-/m1/s1. The molecule has 0 spiro atoms. The number of hydrogen-bond donors (Lipinski definition) is 0. The Labute approximate surface area is 342 Å². The summed E-state index contributed by atoms with van der Waals surface area (Å²) in [5.41, 5.74) is 0. The molecule has 0 aliphatic rings. The quantitative estimate of drug-likeness (QED) is 0.0348. The summed E-state index contributed by atoms with van der Waals surface area (Å²) >= 11 is 0. The molecule has 326 valence electrons. The second-order valence-corrected chi connectivity index (χ2v) is 17.5. The molecular weight excluding hydrogens is 685 g/mol. The molecule has 55 heavy (non-hydrogen) atoms. The summed E-state index contributed by atoms with van der Waals surface area (Å²) in [5, 5.41) is 0. The molecule has 0 saturated heterocycles. The van der Waals surface area contributed by atoms with Gasteiger partial charge in [0.15, 0.2) is 6.10 Å². The monoisotopic (exact) mass is 779 g/mol. The minimum absolute atomic E-state index is 0.0648. The van der Waals surface area contributed by atoms with E-state index in [9.17, 15) is 14.4 Å². The lowest BCUT2D eigenvalue weighted by Gasteiger charge is -2.18. The van der Waals surface area contributed by atoms with Gasteiger partial charge in [0.2, 0.25) is 0 Å². The Hall–Kier alpha value is -1.59. The number of hydrogen-bond acceptors (Lipinski definition) is 6. The van der Waals surface area contributed by atoms with Crippen LogP contribution in [0.5, 0.6) is 0 Å². The smallest absolute Gasteiger partial charge is 0.306 e. The van der Waals surface area contributed by atoms with Gasteiger partial charge in [-0.1, -0.05) is 227 Å². The van der Waals surface area contributed by atoms with Crippen LogP contribution in [0.4, 0.5) is 0 Å². The fourth-order valence-electron chi connectivity index (χ4n) is 7.25. The molecule has 0 saturated carbocycles. The maximum atomic E-state index is 12.7. The first-order valence-corrected chi connectivity index (χ1v) is 24.3. The van der Waals surface area contributed by atoms with Crippen LogP contribution in [-0.2, 0) is 28.6 Å². The molecule has 0 radical (unpaired) electrons. The van der Waals surface area contributed by atoms with Crippen LogP contribution in [0.1, 0.15) is 266 Å². The van der Waals surface area contributed by atoms with Gasteiger partial charge in [-0.3, -0.25) is 14.4 Å². The van der Waals surface area contributed by atoms with Crippen molar-refractivity contribution in [2.45, 2.75) is 272 Å². The van der Waals surface area contributed by atoms with Crippen molar-refractivity contribution in [3.63, 3.8) is 0 Å². The maximum absolute atomic E-state index is 12.7. The average Bonchev–Trinajstić information content (AvgIpc) is 3.17. The van der Waals surface area contributed by atoms with Gasteiger partial charge in [0.25, 0.3) is 0 Å². The fourth-order valence-corrected chi connectivity index (χ4v) is 7.25. The predicted molar refractivity (Wildman–Crippen MR) is 233 cm³/mol. The molecule has 0 aliphatic carbocycles. The molecule has 0 aliphatic heterocycles. The zero-order chi connectivity index (χ0) is 40.5. The molecule has 0 bridgehead atoms. The van der Waals surface area contributed by atoms with Crippen molar-refractivity contribution in [1.29, 1.82) is 0 Å². The van der Waals surface area contributed by atoms with Crippen LogP contribution in [0.15, 0.2) is 0 Å². The highest BCUT2D eigenvalue weighted by Crippen LogP contribution is 2.17. The van der Waals surface area contributed by atoms with Crippen LogP contribution in [0, 0.1) is 11.8 Å². The van der Waals surface area contributed by atoms with Crippen LogP contribution in [0.2, 0.25) is 0 Å². The van der Waals surface area contributed by atoms with Crippen molar-refractivity contribution in [1.82, 2.24) is 0 Å². The normalized spacial score (nSPS) is 12.5. The Morgan fingerprint density at radius 3 is 1.04 bits per heavy atom. The number of carbonyl (C=O) groups excluding carboxylic acids is 3. The minimum Gasteiger partial charge on any atom is -0.462 e. The van der Waals surface area contributed by atoms with Crippen molar-refractivity contribution >= 4 is 17.9 Å². The summed E-state index contributed by atoms with van der Waals surface area (Å²) in [5.74, 6) is 0.783. The van der Waals surface area contributed by atoms with Gasteiger partial charge in [-0.2, -0.15) is 0 Å². The van der Waals surface area contributed by atoms with Gasteiger partial charge in [-0.25, -0.2) is 0 Å². The van der Waals surface area contributed by atoms with Crippen LogP contribution >= 0.6 is 0 Å². The molecule has 0 N–H and O–H groups in total. The summed E-state index contributed by atoms with van der Waals surface area (Å²) in [7, 11) is 0. The number of rotatable bonds is 43. The molecule has 0 aromatic rings. The number of unbranched alkanes of at least 4 members (excludes halogenated alkanes) is 27. The van der Waals surface area contributed by atoms with E-state index in [0.717, 1.165) is 69.6 Å². The van der Waals surface area contributed by atoms with E-state index >= 15 is 0 Å². The summed E-state index contributed by atoms with van der Waals surface area (Å²) in [6.45, 7) is 11.3. The highest BCUT2D eigenvalue weighted by Gasteiger charge is 2.19. The Balaban J connectivity index is 4.33. The SMILES string of the molecule is CCCCCCCCCCCCCCCC(=O)OC[C@H](COC(=O)CCCCCCCCC(C)CC)OC(=O)CCCCCCCCCCCCCC(C)C. The molecular formula is C49H94O6. The topological polar surface area (TPSA) is 78.9 Å². The minimum atomic E-state index is -0.761. The number of carbonyl (C=O) groups is 3. The van der Waals surface area contributed by atoms with E-state index in [2.05, 4.69) is 34.6 Å². The number of esters is 3. The lowest BCUT2D eigenvalue weighted by Crippen LogP contribution is -2.30. The van der Waals surface area contributed by atoms with Gasteiger partial charge in [0.05, 0.1) is 0 Å². The first kappa shape index (κ1) is 53.4. The lowest BCUT2D eigenvalue weighted by molar-refractivity contribution is -0.167. The largest absolute Gasteiger partial charge is 0.462 e. The predicted octanol–water partition coefficient (Wildman–Crippen LogP) is 15.4. The Morgan fingerprint density at radius 2 is 0.691 bits per heavy atom. The second kappa shape index (κ2) is 42.0. The number of ether oxygens (including phenoxy) is 3. The summed E-state index contributed by atoms with van der Waals surface area (Å²) < 4.78 is 16.8. The fraction of sp³-hybridized carbons (Fsp3) is 0.939. The second-order valence-electron chi connectivity index (χ2n) is 17.5. The Bertz CT molecular complexity index is 841. The van der Waals surface area contributed by atoms with E-state index in [4.69, 9.17) is 14.2 Å². The van der Waals surface area contributed by atoms with Gasteiger partial charge in [0, 0.05) is 19.3 Å². The molecule has 0 heterocycles. The van der Waals surface area contributed by atoms with Crippen LogP contribution in [0.3, 0.4) is 0 Å². The van der Waals surface area contributed by atoms with Gasteiger partial charge >= 0.3 is 17.9 Å². The molecule has 0 aromatic carbocycles. The molecule has 0 rings (SSSR count). The third-order valence-corrected chi connectivity index (χ3v) is 11.3. The van der Waals surface area contributed by atoms with Gasteiger partial charge in [-0.05, 0) is 31.1 Å². The van der Waals surface area contributed by atoms with E-state index in [1.165, 1.54) is 154 Å². The van der Waals surface area contributed by atoms with Crippen molar-refractivity contribution in [2.24, 2.45) is 11.8 Å². The molecule has 0 amide bonds. The Morgan fingerprint density at radius 1 is 0.382 bits per heavy atom. The van der Waals surface area contributed by atoms with Crippen LogP contribution < -0.4 is 0 Å². The zero-order valence-corrected chi connectivity index (χ0v) is 37.6. The molecule has 6 nitrogen and oxygen atoms in total. The average molecular weight is 779 g/mol. The van der Waals surface area contributed by atoms with Crippen molar-refractivity contribution < 1.29 is 28.6 Å². The highest BCUT2D eigenvalue weighted by atomic mass is 16.6. The summed E-state index contributed by atoms with van der Waals surface area (Å²) in [6.07, 6.45) is 40.8. The summed E-state index contributed by atoms with van der Waals surface area (Å²) in [6, 6.07) is 0. The van der Waals surface area contributed by atoms with Crippen LogP contribution in [0.25, 0.3) is 0 Å². The molecule has 0 fully saturated rings. The van der Waals surface area contributed by atoms with E-state index in [0.29, 0.717) is 19.3 Å². The van der Waals surface area contributed by atoms with E-state index in [-0.39, 0.29) is 31.1 Å². The highest BCUT2D eigenvalue weighted by molar-refractivity contribution is 5.71. The van der Waals surface area contributed by atoms with Gasteiger partial charge in [0.1, 0.15) is 13.2 Å². The van der Waals surface area contributed by atoms with Crippen LogP contribution in [-0.4, -0.2) is 37.2 Å². The first-order valence-electron chi connectivity index (χ1n) is 24.3. The van der Waals surface area contributed by atoms with E-state index in [1.54, 1.807) is 0 Å². The van der Waals surface area contributed by atoms with E-state index < -0.39 is 6.10 Å². The zero-order valence-electron chi connectivity index (χ0n) is 37.6. The van der Waals surface area contributed by atoms with Crippen molar-refractivity contribution in [3.8, 4) is 0 Å². The van der Waals surface area contributed by atoms with Crippen molar-refractivity contribution in [2.75, 3.05) is 13.2 Å². The molecule has 2 atom stereocenters. The van der Waals surface area contributed by atoms with Crippen molar-refractivity contribution in [3.05, 3.63) is 0 Å². The summed E-state index contributed by atoms with van der Waals surface area (Å²) in [4.78, 5) is 37.8. The third-order valence-electron chi connectivity index (χ3n) is 11.3.